The molecule has 0 radical (unpaired) electrons. The van der Waals surface area contributed by atoms with Crippen LogP contribution in [0.3, 0.4) is 0 Å². The van der Waals surface area contributed by atoms with Crippen LogP contribution in [0.2, 0.25) is 0 Å². The van der Waals surface area contributed by atoms with E-state index in [-0.39, 0.29) is 0 Å². The Morgan fingerprint density at radius 1 is 1.36 bits per heavy atom. The quantitative estimate of drug-likeness (QED) is 0.752. The Morgan fingerprint density at radius 3 is 2.43 bits per heavy atom. The summed E-state index contributed by atoms with van der Waals surface area (Å²) in [6.45, 7) is 4.97. The maximum Gasteiger partial charge on any atom is 0.136 e. The number of carbonyl (C=O) groups excluding carboxylic acids is 1. The van der Waals surface area contributed by atoms with Crippen molar-refractivity contribution >= 4 is 5.78 Å². The minimum absolute atomic E-state index is 0.347. The van der Waals surface area contributed by atoms with E-state index in [9.17, 15) is 4.79 Å². The molecule has 2 N–H and O–H groups in total. The average Bonchev–Trinajstić information content (AvgIpc) is 2.18. The van der Waals surface area contributed by atoms with Gasteiger partial charge in [-0.05, 0) is 31.2 Å². The Morgan fingerprint density at radius 2 is 1.93 bits per heavy atom. The van der Waals surface area contributed by atoms with Crippen LogP contribution < -0.4 is 5.73 Å². The highest BCUT2D eigenvalue weighted by Gasteiger charge is 2.24. The van der Waals surface area contributed by atoms with E-state index in [1.165, 1.54) is 12.8 Å². The molecule has 0 saturated heterocycles. The van der Waals surface area contributed by atoms with Crippen molar-refractivity contribution in [3.8, 4) is 0 Å². The van der Waals surface area contributed by atoms with Gasteiger partial charge in [-0.1, -0.05) is 26.7 Å². The normalized spacial score (nSPS) is 29.9. The summed E-state index contributed by atoms with van der Waals surface area (Å²) >= 11 is 0. The molecule has 0 spiro atoms. The lowest BCUT2D eigenvalue weighted by molar-refractivity contribution is -0.124. The smallest absolute Gasteiger partial charge is 0.136 e. The molecule has 0 heterocycles. The monoisotopic (exact) mass is 197 g/mol. The van der Waals surface area contributed by atoms with E-state index in [1.54, 1.807) is 0 Å². The maximum absolute atomic E-state index is 11.8. The molecule has 2 heteroatoms. The summed E-state index contributed by atoms with van der Waals surface area (Å²) in [4.78, 5) is 11.8. The molecule has 1 saturated carbocycles. The predicted molar refractivity (Wildman–Crippen MR) is 59.0 cm³/mol. The summed E-state index contributed by atoms with van der Waals surface area (Å²) in [5.74, 6) is 1.99. The first-order chi connectivity index (χ1) is 6.63. The van der Waals surface area contributed by atoms with Crippen LogP contribution in [0, 0.1) is 17.8 Å². The zero-order valence-electron chi connectivity index (χ0n) is 9.46. The van der Waals surface area contributed by atoms with Gasteiger partial charge in [-0.15, -0.1) is 0 Å². The van der Waals surface area contributed by atoms with Crippen molar-refractivity contribution in [2.75, 3.05) is 6.54 Å². The largest absolute Gasteiger partial charge is 0.330 e. The fraction of sp³-hybridized carbons (Fsp3) is 0.917. The van der Waals surface area contributed by atoms with Gasteiger partial charge in [0.1, 0.15) is 5.78 Å². The number of hydrogen-bond donors (Lipinski definition) is 1. The fourth-order valence-corrected chi connectivity index (χ4v) is 2.18. The van der Waals surface area contributed by atoms with Gasteiger partial charge in [0.05, 0.1) is 0 Å². The Kier molecular flexibility index (Phi) is 4.59. The topological polar surface area (TPSA) is 43.1 Å². The zero-order valence-corrected chi connectivity index (χ0v) is 9.46. The van der Waals surface area contributed by atoms with E-state index in [0.717, 1.165) is 18.8 Å². The summed E-state index contributed by atoms with van der Waals surface area (Å²) in [6.07, 6.45) is 5.37. The minimum Gasteiger partial charge on any atom is -0.330 e. The molecular formula is C12H23NO. The predicted octanol–water partition coefficient (Wildman–Crippen LogP) is 2.37. The number of rotatable bonds is 4. The molecule has 0 aromatic rings. The maximum atomic E-state index is 11.8. The van der Waals surface area contributed by atoms with Gasteiger partial charge in [0, 0.05) is 12.3 Å². The molecule has 1 aliphatic rings. The molecule has 0 bridgehead atoms. The highest BCUT2D eigenvalue weighted by molar-refractivity contribution is 5.81. The van der Waals surface area contributed by atoms with Crippen LogP contribution in [0.15, 0.2) is 0 Å². The van der Waals surface area contributed by atoms with Crippen molar-refractivity contribution in [2.45, 2.75) is 46.0 Å². The second kappa shape index (κ2) is 5.50. The van der Waals surface area contributed by atoms with Gasteiger partial charge >= 0.3 is 0 Å². The molecule has 14 heavy (non-hydrogen) atoms. The molecule has 1 atom stereocenters. The van der Waals surface area contributed by atoms with Crippen molar-refractivity contribution in [2.24, 2.45) is 23.5 Å². The average molecular weight is 197 g/mol. The SMILES string of the molecule is CC1CCC(C(=O)CC(C)CN)CC1. The van der Waals surface area contributed by atoms with Gasteiger partial charge in [-0.3, -0.25) is 4.79 Å². The van der Waals surface area contributed by atoms with E-state index < -0.39 is 0 Å². The molecule has 1 rings (SSSR count). The van der Waals surface area contributed by atoms with Crippen LogP contribution in [0.5, 0.6) is 0 Å². The number of carbonyl (C=O) groups is 1. The van der Waals surface area contributed by atoms with E-state index >= 15 is 0 Å². The second-order valence-corrected chi connectivity index (χ2v) is 4.97. The lowest BCUT2D eigenvalue weighted by Crippen LogP contribution is -2.24. The van der Waals surface area contributed by atoms with Crippen LogP contribution in [-0.4, -0.2) is 12.3 Å². The summed E-state index contributed by atoms with van der Waals surface area (Å²) in [5.41, 5.74) is 5.52. The van der Waals surface area contributed by atoms with E-state index in [0.29, 0.717) is 30.6 Å². The summed E-state index contributed by atoms with van der Waals surface area (Å²) in [7, 11) is 0. The Balaban J connectivity index is 2.30. The van der Waals surface area contributed by atoms with Gasteiger partial charge < -0.3 is 5.73 Å². The fourth-order valence-electron chi connectivity index (χ4n) is 2.18. The molecule has 1 aliphatic carbocycles. The Bertz CT molecular complexity index is 183. The lowest BCUT2D eigenvalue weighted by Gasteiger charge is -2.25. The van der Waals surface area contributed by atoms with Crippen molar-refractivity contribution in [1.29, 1.82) is 0 Å². The Labute approximate surface area is 87.2 Å². The van der Waals surface area contributed by atoms with Crippen LogP contribution in [-0.2, 0) is 4.79 Å². The van der Waals surface area contributed by atoms with Gasteiger partial charge in [0.2, 0.25) is 0 Å². The highest BCUT2D eigenvalue weighted by Crippen LogP contribution is 2.30. The van der Waals surface area contributed by atoms with Gasteiger partial charge in [-0.25, -0.2) is 0 Å². The first-order valence-corrected chi connectivity index (χ1v) is 5.86. The number of Topliss-reactive ketones (excluding diaryl/α,β-unsaturated/α-hetero) is 1. The molecule has 0 aromatic carbocycles. The summed E-state index contributed by atoms with van der Waals surface area (Å²) in [5, 5.41) is 0. The van der Waals surface area contributed by atoms with Crippen LogP contribution >= 0.6 is 0 Å². The van der Waals surface area contributed by atoms with Gasteiger partial charge in [0.15, 0.2) is 0 Å². The summed E-state index contributed by atoms with van der Waals surface area (Å²) < 4.78 is 0. The highest BCUT2D eigenvalue weighted by atomic mass is 16.1. The van der Waals surface area contributed by atoms with Crippen LogP contribution in [0.25, 0.3) is 0 Å². The molecular weight excluding hydrogens is 174 g/mol. The Hall–Kier alpha value is -0.370. The first kappa shape index (κ1) is 11.7. The standard InChI is InChI=1S/C12H23NO/c1-9-3-5-11(6-4-9)12(14)7-10(2)8-13/h9-11H,3-8,13H2,1-2H3. The molecule has 82 valence electrons. The van der Waals surface area contributed by atoms with Crippen molar-refractivity contribution < 1.29 is 4.79 Å². The van der Waals surface area contributed by atoms with Crippen molar-refractivity contribution in [3.63, 3.8) is 0 Å². The third-order valence-electron chi connectivity index (χ3n) is 3.42. The second-order valence-electron chi connectivity index (χ2n) is 4.97. The third kappa shape index (κ3) is 3.41. The van der Waals surface area contributed by atoms with Crippen LogP contribution in [0.1, 0.15) is 46.0 Å². The molecule has 0 amide bonds. The van der Waals surface area contributed by atoms with Gasteiger partial charge in [0.25, 0.3) is 0 Å². The molecule has 1 fully saturated rings. The van der Waals surface area contributed by atoms with E-state index in [1.807, 2.05) is 0 Å². The van der Waals surface area contributed by atoms with Crippen molar-refractivity contribution in [3.05, 3.63) is 0 Å². The number of hydrogen-bond acceptors (Lipinski definition) is 2. The third-order valence-corrected chi connectivity index (χ3v) is 3.42. The van der Waals surface area contributed by atoms with Crippen LogP contribution in [0.4, 0.5) is 0 Å². The molecule has 0 aliphatic heterocycles. The molecule has 1 unspecified atom stereocenters. The van der Waals surface area contributed by atoms with Gasteiger partial charge in [-0.2, -0.15) is 0 Å². The zero-order chi connectivity index (χ0) is 10.6. The van der Waals surface area contributed by atoms with E-state index in [2.05, 4.69) is 13.8 Å². The lowest BCUT2D eigenvalue weighted by atomic mass is 9.79. The van der Waals surface area contributed by atoms with E-state index in [4.69, 9.17) is 5.73 Å². The minimum atomic E-state index is 0.347. The molecule has 2 nitrogen and oxygen atoms in total. The summed E-state index contributed by atoms with van der Waals surface area (Å²) in [6, 6.07) is 0. The van der Waals surface area contributed by atoms with Crippen molar-refractivity contribution in [1.82, 2.24) is 0 Å². The first-order valence-electron chi connectivity index (χ1n) is 5.86. The number of nitrogens with two attached hydrogens (primary N) is 1. The molecule has 0 aromatic heterocycles. The number of ketones is 1.